The fraction of sp³-hybridized carbons (Fsp3) is 0.381. The summed E-state index contributed by atoms with van der Waals surface area (Å²) in [7, 11) is -3.41. The molecule has 3 heterocycles. The number of rotatable bonds is 5. The molecule has 9 nitrogen and oxygen atoms in total. The highest BCUT2D eigenvalue weighted by molar-refractivity contribution is 7.92. The number of aryl methyl sites for hydroxylation is 2. The van der Waals surface area contributed by atoms with Crippen LogP contribution in [0, 0.1) is 6.92 Å². The molecule has 2 aromatic rings. The number of nitrogens with zero attached hydrogens (tertiary/aromatic N) is 2. The molecular weight excluding hydrogens is 422 g/mol. The van der Waals surface area contributed by atoms with Crippen molar-refractivity contribution in [2.24, 2.45) is 0 Å². The number of nitrogens with one attached hydrogen (secondary N) is 1. The lowest BCUT2D eigenvalue weighted by Gasteiger charge is -2.29. The predicted molar refractivity (Wildman–Crippen MR) is 112 cm³/mol. The highest BCUT2D eigenvalue weighted by Crippen LogP contribution is 2.32. The summed E-state index contributed by atoms with van der Waals surface area (Å²) in [6, 6.07) is 7.41. The Morgan fingerprint density at radius 2 is 1.97 bits per heavy atom. The number of anilines is 1. The van der Waals surface area contributed by atoms with Gasteiger partial charge in [-0.25, -0.2) is 13.2 Å². The number of carbonyl (C=O) groups excluding carboxylic acids is 3. The molecule has 0 saturated carbocycles. The maximum atomic E-state index is 13.0. The molecule has 1 aromatic heterocycles. The summed E-state index contributed by atoms with van der Waals surface area (Å²) in [5.41, 5.74) is 0.242. The number of benzene rings is 1. The summed E-state index contributed by atoms with van der Waals surface area (Å²) in [4.78, 5) is 39.2. The van der Waals surface area contributed by atoms with Gasteiger partial charge in [-0.15, -0.1) is 0 Å². The lowest BCUT2D eigenvalue weighted by Crippen LogP contribution is -2.41. The highest BCUT2D eigenvalue weighted by atomic mass is 32.2. The second-order valence-corrected chi connectivity index (χ2v) is 9.97. The van der Waals surface area contributed by atoms with Crippen molar-refractivity contribution in [2.45, 2.75) is 32.2 Å². The molecule has 2 aliphatic heterocycles. The van der Waals surface area contributed by atoms with E-state index < -0.39 is 39.8 Å². The van der Waals surface area contributed by atoms with Crippen LogP contribution in [0.4, 0.5) is 10.5 Å². The van der Waals surface area contributed by atoms with Crippen LogP contribution in [0.1, 0.15) is 40.8 Å². The van der Waals surface area contributed by atoms with E-state index in [1.54, 1.807) is 31.2 Å². The Bertz CT molecular complexity index is 1200. The van der Waals surface area contributed by atoms with E-state index in [1.165, 1.54) is 17.3 Å². The van der Waals surface area contributed by atoms with Crippen molar-refractivity contribution in [3.8, 4) is 0 Å². The number of furan rings is 1. The van der Waals surface area contributed by atoms with E-state index in [0.29, 0.717) is 42.2 Å². The molecule has 1 atom stereocenters. The van der Waals surface area contributed by atoms with Gasteiger partial charge >= 0.3 is 6.03 Å². The maximum Gasteiger partial charge on any atom is 0.325 e. The van der Waals surface area contributed by atoms with Crippen LogP contribution in [-0.2, 0) is 26.8 Å². The van der Waals surface area contributed by atoms with Crippen molar-refractivity contribution in [3.63, 3.8) is 0 Å². The first kappa shape index (κ1) is 21.1. The van der Waals surface area contributed by atoms with Crippen molar-refractivity contribution >= 4 is 33.4 Å². The topological polar surface area (TPSA) is 117 Å². The van der Waals surface area contributed by atoms with E-state index in [0.717, 1.165) is 16.7 Å². The Kier molecular flexibility index (Phi) is 4.92. The Labute approximate surface area is 180 Å². The number of hydrogen-bond donors (Lipinski definition) is 1. The van der Waals surface area contributed by atoms with Gasteiger partial charge < -0.3 is 9.73 Å². The normalized spacial score (nSPS) is 21.3. The number of amides is 3. The Balaban J connectivity index is 1.56. The van der Waals surface area contributed by atoms with Crippen LogP contribution in [-0.4, -0.2) is 50.4 Å². The first-order valence-electron chi connectivity index (χ1n) is 9.85. The van der Waals surface area contributed by atoms with Crippen molar-refractivity contribution in [1.82, 2.24) is 10.2 Å². The van der Waals surface area contributed by atoms with Gasteiger partial charge in [-0.2, -0.15) is 0 Å². The fourth-order valence-electron chi connectivity index (χ4n) is 4.03. The third-order valence-corrected chi connectivity index (χ3v) is 6.87. The standard InChI is InChI=1S/C21H23N3O6S/c1-13-6-9-18(30-13)21(2)19(26)23(20(27)22-21)12-17(25)15-7-8-16-14(11-15)5-4-10-24(16)31(3,28)29/h6-9,11H,4-5,10,12H2,1-3H3,(H,22,27). The smallest absolute Gasteiger partial charge is 0.325 e. The minimum Gasteiger partial charge on any atom is -0.463 e. The highest BCUT2D eigenvalue weighted by Gasteiger charge is 2.51. The molecule has 1 aromatic carbocycles. The molecule has 0 radical (unpaired) electrons. The number of fused-ring (bicyclic) bond motifs is 1. The zero-order chi connectivity index (χ0) is 22.6. The number of urea groups is 1. The monoisotopic (exact) mass is 445 g/mol. The van der Waals surface area contributed by atoms with Crippen molar-refractivity contribution < 1.29 is 27.2 Å². The van der Waals surface area contributed by atoms with Gasteiger partial charge in [0.25, 0.3) is 5.91 Å². The van der Waals surface area contributed by atoms with Crippen LogP contribution in [0.25, 0.3) is 0 Å². The summed E-state index contributed by atoms with van der Waals surface area (Å²) in [5.74, 6) is -0.0815. The SMILES string of the molecule is Cc1ccc(C2(C)NC(=O)N(CC(=O)c3ccc4c(c3)CCCN4S(C)(=O)=O)C2=O)o1. The summed E-state index contributed by atoms with van der Waals surface area (Å²) in [5, 5.41) is 2.61. The van der Waals surface area contributed by atoms with Gasteiger partial charge in [-0.1, -0.05) is 0 Å². The van der Waals surface area contributed by atoms with Gasteiger partial charge in [0.1, 0.15) is 11.5 Å². The number of hydrogen-bond acceptors (Lipinski definition) is 6. The van der Waals surface area contributed by atoms with E-state index in [1.807, 2.05) is 0 Å². The zero-order valence-electron chi connectivity index (χ0n) is 17.5. The van der Waals surface area contributed by atoms with Crippen LogP contribution in [0.15, 0.2) is 34.7 Å². The molecule has 10 heteroatoms. The zero-order valence-corrected chi connectivity index (χ0v) is 18.3. The molecule has 1 unspecified atom stereocenters. The van der Waals surface area contributed by atoms with Crippen LogP contribution in [0.5, 0.6) is 0 Å². The molecule has 0 aliphatic carbocycles. The van der Waals surface area contributed by atoms with Gasteiger partial charge in [-0.05, 0) is 62.6 Å². The summed E-state index contributed by atoms with van der Waals surface area (Å²) in [6.07, 6.45) is 2.43. The lowest BCUT2D eigenvalue weighted by atomic mass is 9.98. The van der Waals surface area contributed by atoms with Crippen molar-refractivity contribution in [2.75, 3.05) is 23.7 Å². The van der Waals surface area contributed by atoms with E-state index >= 15 is 0 Å². The lowest BCUT2D eigenvalue weighted by molar-refractivity contribution is -0.131. The molecule has 0 bridgehead atoms. The molecule has 0 spiro atoms. The van der Waals surface area contributed by atoms with E-state index in [-0.39, 0.29) is 0 Å². The van der Waals surface area contributed by atoms with E-state index in [9.17, 15) is 22.8 Å². The number of carbonyl (C=O) groups is 3. The molecule has 2 aliphatic rings. The average molecular weight is 445 g/mol. The van der Waals surface area contributed by atoms with Crippen molar-refractivity contribution in [1.29, 1.82) is 0 Å². The molecule has 31 heavy (non-hydrogen) atoms. The van der Waals surface area contributed by atoms with Gasteiger partial charge in [-0.3, -0.25) is 18.8 Å². The number of imide groups is 1. The minimum absolute atomic E-state index is 0.299. The molecule has 1 fully saturated rings. The Morgan fingerprint density at radius 1 is 1.23 bits per heavy atom. The predicted octanol–water partition coefficient (Wildman–Crippen LogP) is 1.95. The first-order valence-corrected chi connectivity index (χ1v) is 11.7. The third-order valence-electron chi connectivity index (χ3n) is 5.69. The number of sulfonamides is 1. The van der Waals surface area contributed by atoms with Gasteiger partial charge in [0.2, 0.25) is 10.0 Å². The fourth-order valence-corrected chi connectivity index (χ4v) is 5.02. The quantitative estimate of drug-likeness (QED) is 0.555. The molecular formula is C21H23N3O6S. The molecule has 164 valence electrons. The van der Waals surface area contributed by atoms with Crippen LogP contribution in [0.2, 0.25) is 0 Å². The van der Waals surface area contributed by atoms with Gasteiger partial charge in [0, 0.05) is 12.1 Å². The molecule has 4 rings (SSSR count). The van der Waals surface area contributed by atoms with Crippen LogP contribution in [0.3, 0.4) is 0 Å². The summed E-state index contributed by atoms with van der Waals surface area (Å²) in [6.45, 7) is 3.24. The number of Topliss-reactive ketones (excluding diaryl/α,β-unsaturated/α-hetero) is 1. The van der Waals surface area contributed by atoms with Gasteiger partial charge in [0.05, 0.1) is 18.5 Å². The van der Waals surface area contributed by atoms with Crippen molar-refractivity contribution in [3.05, 3.63) is 53.0 Å². The summed E-state index contributed by atoms with van der Waals surface area (Å²) >= 11 is 0. The molecule has 1 N–H and O–H groups in total. The van der Waals surface area contributed by atoms with Crippen LogP contribution < -0.4 is 9.62 Å². The Hall–Kier alpha value is -3.14. The van der Waals surface area contributed by atoms with E-state index in [4.69, 9.17) is 4.42 Å². The van der Waals surface area contributed by atoms with Crippen LogP contribution >= 0.6 is 0 Å². The average Bonchev–Trinajstić information content (AvgIpc) is 3.24. The first-order chi connectivity index (χ1) is 14.5. The molecule has 3 amide bonds. The number of ketones is 1. The van der Waals surface area contributed by atoms with Gasteiger partial charge in [0.15, 0.2) is 11.3 Å². The second-order valence-electron chi connectivity index (χ2n) is 8.06. The third kappa shape index (κ3) is 3.60. The maximum absolute atomic E-state index is 13.0. The molecule has 1 saturated heterocycles. The summed E-state index contributed by atoms with van der Waals surface area (Å²) < 4.78 is 30.9. The largest absolute Gasteiger partial charge is 0.463 e. The minimum atomic E-state index is -3.41. The second kappa shape index (κ2) is 7.23. The van der Waals surface area contributed by atoms with E-state index in [2.05, 4.69) is 5.32 Å². The Morgan fingerprint density at radius 3 is 2.61 bits per heavy atom.